The minimum atomic E-state index is -0.253. The molecule has 0 radical (unpaired) electrons. The standard InChI is InChI=1S/C10H13NO2S/c1-7-8(6-12)14-9(11-7)10(2)4-3-5-13-10/h6H,3-5H2,1-2H3. The van der Waals surface area contributed by atoms with E-state index in [1.807, 2.05) is 13.8 Å². The van der Waals surface area contributed by atoms with Gasteiger partial charge in [0.05, 0.1) is 10.6 Å². The van der Waals surface area contributed by atoms with Crippen LogP contribution in [0.1, 0.15) is 40.1 Å². The fourth-order valence-corrected chi connectivity index (χ4v) is 2.70. The molecule has 0 bridgehead atoms. The number of aromatic nitrogens is 1. The van der Waals surface area contributed by atoms with Crippen molar-refractivity contribution in [1.29, 1.82) is 0 Å². The number of aryl methyl sites for hydroxylation is 1. The van der Waals surface area contributed by atoms with Gasteiger partial charge in [0.25, 0.3) is 0 Å². The van der Waals surface area contributed by atoms with Crippen molar-refractivity contribution in [2.45, 2.75) is 32.3 Å². The Hall–Kier alpha value is -0.740. The van der Waals surface area contributed by atoms with Crippen LogP contribution < -0.4 is 0 Å². The maximum absolute atomic E-state index is 10.7. The Morgan fingerprint density at radius 1 is 1.64 bits per heavy atom. The van der Waals surface area contributed by atoms with Gasteiger partial charge in [-0.05, 0) is 26.7 Å². The summed E-state index contributed by atoms with van der Waals surface area (Å²) in [5.74, 6) is 0. The van der Waals surface area contributed by atoms with Crippen LogP contribution in [0.4, 0.5) is 0 Å². The second kappa shape index (κ2) is 3.44. The Kier molecular flexibility index (Phi) is 2.41. The van der Waals surface area contributed by atoms with Gasteiger partial charge in [-0.3, -0.25) is 4.79 Å². The fourth-order valence-electron chi connectivity index (χ4n) is 1.69. The number of ether oxygens (including phenoxy) is 1. The number of hydrogen-bond acceptors (Lipinski definition) is 4. The van der Waals surface area contributed by atoms with Crippen molar-refractivity contribution in [2.24, 2.45) is 0 Å². The van der Waals surface area contributed by atoms with Crippen molar-refractivity contribution in [2.75, 3.05) is 6.61 Å². The van der Waals surface area contributed by atoms with Gasteiger partial charge in [-0.2, -0.15) is 0 Å². The Labute approximate surface area is 87.1 Å². The van der Waals surface area contributed by atoms with Crippen molar-refractivity contribution in [1.82, 2.24) is 4.98 Å². The van der Waals surface area contributed by atoms with E-state index in [-0.39, 0.29) is 5.60 Å². The number of rotatable bonds is 2. The van der Waals surface area contributed by atoms with E-state index in [1.54, 1.807) is 0 Å². The van der Waals surface area contributed by atoms with E-state index in [2.05, 4.69) is 4.98 Å². The monoisotopic (exact) mass is 211 g/mol. The van der Waals surface area contributed by atoms with E-state index < -0.39 is 0 Å². The molecule has 2 heterocycles. The molecule has 1 aromatic heterocycles. The highest BCUT2D eigenvalue weighted by molar-refractivity contribution is 7.13. The summed E-state index contributed by atoms with van der Waals surface area (Å²) in [4.78, 5) is 15.8. The summed E-state index contributed by atoms with van der Waals surface area (Å²) in [6.45, 7) is 4.71. The first-order valence-electron chi connectivity index (χ1n) is 4.73. The van der Waals surface area contributed by atoms with Gasteiger partial charge in [-0.25, -0.2) is 4.98 Å². The number of carbonyl (C=O) groups excluding carboxylic acids is 1. The third kappa shape index (κ3) is 1.48. The SMILES string of the molecule is Cc1nc(C2(C)CCCO2)sc1C=O. The van der Waals surface area contributed by atoms with Gasteiger partial charge < -0.3 is 4.74 Å². The molecule has 0 aliphatic carbocycles. The molecule has 0 aromatic carbocycles. The Morgan fingerprint density at radius 3 is 2.93 bits per heavy atom. The van der Waals surface area contributed by atoms with Crippen molar-refractivity contribution < 1.29 is 9.53 Å². The number of thiazole rings is 1. The van der Waals surface area contributed by atoms with E-state index in [9.17, 15) is 4.79 Å². The van der Waals surface area contributed by atoms with Crippen LogP contribution in [0, 0.1) is 6.92 Å². The summed E-state index contributed by atoms with van der Waals surface area (Å²) in [5, 5.41) is 0.939. The predicted octanol–water partition coefficient (Wildman–Crippen LogP) is 2.29. The maximum Gasteiger partial charge on any atom is 0.161 e. The fraction of sp³-hybridized carbons (Fsp3) is 0.600. The van der Waals surface area contributed by atoms with Crippen molar-refractivity contribution in [3.05, 3.63) is 15.6 Å². The zero-order chi connectivity index (χ0) is 10.2. The van der Waals surface area contributed by atoms with Gasteiger partial charge >= 0.3 is 0 Å². The van der Waals surface area contributed by atoms with E-state index in [0.717, 1.165) is 41.3 Å². The molecule has 1 atom stereocenters. The smallest absolute Gasteiger partial charge is 0.161 e. The van der Waals surface area contributed by atoms with Crippen LogP contribution in [0.3, 0.4) is 0 Å². The lowest BCUT2D eigenvalue weighted by molar-refractivity contribution is 0.0166. The second-order valence-electron chi connectivity index (χ2n) is 3.77. The molecule has 1 aromatic rings. The highest BCUT2D eigenvalue weighted by Gasteiger charge is 2.35. The molecule has 1 saturated heterocycles. The molecule has 0 spiro atoms. The second-order valence-corrected chi connectivity index (χ2v) is 4.80. The number of aldehydes is 1. The first-order chi connectivity index (χ1) is 6.65. The van der Waals surface area contributed by atoms with Crippen LogP contribution in [0.5, 0.6) is 0 Å². The third-order valence-electron chi connectivity index (χ3n) is 2.61. The lowest BCUT2D eigenvalue weighted by Crippen LogP contribution is -2.19. The van der Waals surface area contributed by atoms with Crippen LogP contribution >= 0.6 is 11.3 Å². The van der Waals surface area contributed by atoms with Gasteiger partial charge in [0.2, 0.25) is 0 Å². The maximum atomic E-state index is 10.7. The molecule has 0 saturated carbocycles. The Bertz CT molecular complexity index is 353. The summed E-state index contributed by atoms with van der Waals surface area (Å²) in [5.41, 5.74) is 0.563. The predicted molar refractivity (Wildman–Crippen MR) is 54.8 cm³/mol. The zero-order valence-corrected chi connectivity index (χ0v) is 9.19. The number of hydrogen-bond donors (Lipinski definition) is 0. The molecular formula is C10H13NO2S. The summed E-state index contributed by atoms with van der Waals surface area (Å²) in [6.07, 6.45) is 2.94. The highest BCUT2D eigenvalue weighted by atomic mass is 32.1. The highest BCUT2D eigenvalue weighted by Crippen LogP contribution is 2.38. The quantitative estimate of drug-likeness (QED) is 0.704. The molecule has 2 rings (SSSR count). The van der Waals surface area contributed by atoms with E-state index >= 15 is 0 Å². The zero-order valence-electron chi connectivity index (χ0n) is 8.37. The molecule has 1 aliphatic heterocycles. The molecular weight excluding hydrogens is 198 g/mol. The van der Waals surface area contributed by atoms with Crippen LogP contribution in [0.2, 0.25) is 0 Å². The van der Waals surface area contributed by atoms with Gasteiger partial charge in [0, 0.05) is 6.61 Å². The Morgan fingerprint density at radius 2 is 2.43 bits per heavy atom. The van der Waals surface area contributed by atoms with Gasteiger partial charge in [-0.15, -0.1) is 11.3 Å². The van der Waals surface area contributed by atoms with Gasteiger partial charge in [0.15, 0.2) is 6.29 Å². The van der Waals surface area contributed by atoms with E-state index in [0.29, 0.717) is 0 Å². The van der Waals surface area contributed by atoms with Crippen molar-refractivity contribution >= 4 is 17.6 Å². The molecule has 4 heteroatoms. The normalized spacial score (nSPS) is 26.7. The first kappa shape index (κ1) is 9.80. The lowest BCUT2D eigenvalue weighted by Gasteiger charge is -2.19. The van der Waals surface area contributed by atoms with E-state index in [4.69, 9.17) is 4.74 Å². The average molecular weight is 211 g/mol. The van der Waals surface area contributed by atoms with Crippen LogP contribution in [0.25, 0.3) is 0 Å². The van der Waals surface area contributed by atoms with Crippen molar-refractivity contribution in [3.8, 4) is 0 Å². The summed E-state index contributed by atoms with van der Waals surface area (Å²) < 4.78 is 5.67. The molecule has 0 N–H and O–H groups in total. The van der Waals surface area contributed by atoms with E-state index in [1.165, 1.54) is 11.3 Å². The topological polar surface area (TPSA) is 39.2 Å². The lowest BCUT2D eigenvalue weighted by atomic mass is 10.0. The third-order valence-corrected chi connectivity index (χ3v) is 3.94. The molecule has 1 fully saturated rings. The largest absolute Gasteiger partial charge is 0.368 e. The van der Waals surface area contributed by atoms with Crippen molar-refractivity contribution in [3.63, 3.8) is 0 Å². The van der Waals surface area contributed by atoms with Crippen LogP contribution in [0.15, 0.2) is 0 Å². The first-order valence-corrected chi connectivity index (χ1v) is 5.54. The average Bonchev–Trinajstić information content (AvgIpc) is 2.73. The molecule has 3 nitrogen and oxygen atoms in total. The number of nitrogens with zero attached hydrogens (tertiary/aromatic N) is 1. The van der Waals surface area contributed by atoms with Crippen LogP contribution in [-0.2, 0) is 10.3 Å². The molecule has 76 valence electrons. The molecule has 0 amide bonds. The Balaban J connectivity index is 2.36. The molecule has 1 unspecified atom stereocenters. The number of carbonyl (C=O) groups is 1. The van der Waals surface area contributed by atoms with Crippen LogP contribution in [-0.4, -0.2) is 17.9 Å². The minimum Gasteiger partial charge on any atom is -0.368 e. The van der Waals surface area contributed by atoms with Gasteiger partial charge in [0.1, 0.15) is 10.6 Å². The molecule has 14 heavy (non-hydrogen) atoms. The summed E-state index contributed by atoms with van der Waals surface area (Å²) in [6, 6.07) is 0. The summed E-state index contributed by atoms with van der Waals surface area (Å²) >= 11 is 1.45. The minimum absolute atomic E-state index is 0.253. The van der Waals surface area contributed by atoms with Gasteiger partial charge in [-0.1, -0.05) is 0 Å². The summed E-state index contributed by atoms with van der Waals surface area (Å²) in [7, 11) is 0. The molecule has 1 aliphatic rings.